The van der Waals surface area contributed by atoms with E-state index in [4.69, 9.17) is 17.3 Å². The number of nitrogens with zero attached hydrogens (tertiary/aromatic N) is 2. The van der Waals surface area contributed by atoms with Crippen LogP contribution in [0.1, 0.15) is 17.2 Å². The zero-order valence-electron chi connectivity index (χ0n) is 11.0. The van der Waals surface area contributed by atoms with Gasteiger partial charge in [-0.2, -0.15) is 0 Å². The maximum absolute atomic E-state index is 5.92. The number of nitrogens with two attached hydrogens (primary N) is 1. The highest BCUT2D eigenvalue weighted by molar-refractivity contribution is 6.30. The van der Waals surface area contributed by atoms with Gasteiger partial charge in [-0.25, -0.2) is 0 Å². The van der Waals surface area contributed by atoms with Crippen LogP contribution < -0.4 is 5.73 Å². The van der Waals surface area contributed by atoms with Gasteiger partial charge in [-0.3, -0.25) is 9.88 Å². The first-order valence-corrected chi connectivity index (χ1v) is 6.63. The van der Waals surface area contributed by atoms with E-state index in [0.717, 1.165) is 11.6 Å². The molecule has 0 fully saturated rings. The summed E-state index contributed by atoms with van der Waals surface area (Å²) in [5.74, 6) is 0. The van der Waals surface area contributed by atoms with Crippen LogP contribution in [0.3, 0.4) is 0 Å². The molecule has 3 nitrogen and oxygen atoms in total. The fourth-order valence-electron chi connectivity index (χ4n) is 2.15. The molecule has 0 radical (unpaired) electrons. The summed E-state index contributed by atoms with van der Waals surface area (Å²) < 4.78 is 0. The van der Waals surface area contributed by atoms with Crippen LogP contribution in [-0.2, 0) is 6.54 Å². The Balaban J connectivity index is 2.11. The Labute approximate surface area is 119 Å². The second kappa shape index (κ2) is 6.66. The van der Waals surface area contributed by atoms with Crippen LogP contribution in [0.2, 0.25) is 5.02 Å². The summed E-state index contributed by atoms with van der Waals surface area (Å²) in [4.78, 5) is 6.35. The number of aromatic nitrogens is 1. The van der Waals surface area contributed by atoms with E-state index >= 15 is 0 Å². The van der Waals surface area contributed by atoms with Crippen LogP contribution in [-0.4, -0.2) is 23.5 Å². The molecule has 1 atom stereocenters. The summed E-state index contributed by atoms with van der Waals surface area (Å²) in [6.07, 6.45) is 3.66. The maximum atomic E-state index is 5.92. The van der Waals surface area contributed by atoms with Crippen molar-refractivity contribution in [3.05, 3.63) is 64.9 Å². The number of hydrogen-bond acceptors (Lipinski definition) is 3. The minimum atomic E-state index is 0.178. The van der Waals surface area contributed by atoms with Gasteiger partial charge in [-0.05, 0) is 36.4 Å². The number of benzene rings is 1. The third-order valence-electron chi connectivity index (χ3n) is 3.16. The lowest BCUT2D eigenvalue weighted by Crippen LogP contribution is -2.30. The van der Waals surface area contributed by atoms with Gasteiger partial charge in [0.25, 0.3) is 0 Å². The van der Waals surface area contributed by atoms with Gasteiger partial charge in [0.05, 0.1) is 0 Å². The van der Waals surface area contributed by atoms with E-state index in [-0.39, 0.29) is 6.04 Å². The van der Waals surface area contributed by atoms with Gasteiger partial charge >= 0.3 is 0 Å². The molecule has 1 aromatic heterocycles. The molecule has 100 valence electrons. The highest BCUT2D eigenvalue weighted by atomic mass is 35.5. The molecule has 2 rings (SSSR count). The van der Waals surface area contributed by atoms with E-state index in [1.54, 1.807) is 6.20 Å². The lowest BCUT2D eigenvalue weighted by molar-refractivity contribution is 0.241. The summed E-state index contributed by atoms with van der Waals surface area (Å²) in [6, 6.07) is 12.0. The van der Waals surface area contributed by atoms with Gasteiger partial charge in [-0.15, -0.1) is 0 Å². The molecule has 2 aromatic rings. The highest BCUT2D eigenvalue weighted by Gasteiger charge is 2.15. The first-order valence-electron chi connectivity index (χ1n) is 6.25. The van der Waals surface area contributed by atoms with Crippen LogP contribution in [0.5, 0.6) is 0 Å². The SMILES string of the molecule is CN(Cc1cccnc1)C(CN)c1ccc(Cl)cc1. The molecule has 1 unspecified atom stereocenters. The van der Waals surface area contributed by atoms with Crippen molar-refractivity contribution >= 4 is 11.6 Å². The summed E-state index contributed by atoms with van der Waals surface area (Å²) in [5.41, 5.74) is 8.26. The number of pyridine rings is 1. The van der Waals surface area contributed by atoms with Crippen molar-refractivity contribution in [3.8, 4) is 0 Å². The Kier molecular flexibility index (Phi) is 4.91. The smallest absolute Gasteiger partial charge is 0.0470 e. The standard InChI is InChI=1S/C15H18ClN3/c1-19(11-12-3-2-8-18-10-12)15(9-17)13-4-6-14(16)7-5-13/h2-8,10,15H,9,11,17H2,1H3. The Hall–Kier alpha value is -1.42. The van der Waals surface area contributed by atoms with Crippen molar-refractivity contribution in [1.82, 2.24) is 9.88 Å². The lowest BCUT2D eigenvalue weighted by atomic mass is 10.1. The lowest BCUT2D eigenvalue weighted by Gasteiger charge is -2.27. The topological polar surface area (TPSA) is 42.2 Å². The average Bonchev–Trinajstić information content (AvgIpc) is 2.43. The van der Waals surface area contributed by atoms with E-state index in [9.17, 15) is 0 Å². The van der Waals surface area contributed by atoms with Gasteiger partial charge in [0.15, 0.2) is 0 Å². The Morgan fingerprint density at radius 1 is 1.26 bits per heavy atom. The quantitative estimate of drug-likeness (QED) is 0.912. The molecule has 19 heavy (non-hydrogen) atoms. The van der Waals surface area contributed by atoms with Crippen LogP contribution in [0.15, 0.2) is 48.8 Å². The third-order valence-corrected chi connectivity index (χ3v) is 3.42. The van der Waals surface area contributed by atoms with Gasteiger partial charge in [0.1, 0.15) is 0 Å². The summed E-state index contributed by atoms with van der Waals surface area (Å²) in [6.45, 7) is 1.39. The minimum absolute atomic E-state index is 0.178. The third kappa shape index (κ3) is 3.77. The monoisotopic (exact) mass is 275 g/mol. The molecule has 0 saturated heterocycles. The van der Waals surface area contributed by atoms with Gasteiger partial charge in [-0.1, -0.05) is 29.8 Å². The summed E-state index contributed by atoms with van der Waals surface area (Å²) in [5, 5.41) is 0.745. The Morgan fingerprint density at radius 3 is 2.58 bits per heavy atom. The molecule has 0 spiro atoms. The first-order chi connectivity index (χ1) is 9.20. The second-order valence-electron chi connectivity index (χ2n) is 4.58. The van der Waals surface area contributed by atoms with Crippen LogP contribution in [0.25, 0.3) is 0 Å². The van der Waals surface area contributed by atoms with Crippen LogP contribution in [0.4, 0.5) is 0 Å². The van der Waals surface area contributed by atoms with Crippen molar-refractivity contribution in [1.29, 1.82) is 0 Å². The van der Waals surface area contributed by atoms with E-state index in [1.807, 2.05) is 36.5 Å². The van der Waals surface area contributed by atoms with Crippen molar-refractivity contribution in [3.63, 3.8) is 0 Å². The normalized spacial score (nSPS) is 12.6. The fraction of sp³-hybridized carbons (Fsp3) is 0.267. The van der Waals surface area contributed by atoms with Crippen molar-refractivity contribution in [2.45, 2.75) is 12.6 Å². The fourth-order valence-corrected chi connectivity index (χ4v) is 2.27. The highest BCUT2D eigenvalue weighted by Crippen LogP contribution is 2.21. The molecule has 0 amide bonds. The molecular formula is C15H18ClN3. The summed E-state index contributed by atoms with van der Waals surface area (Å²) >= 11 is 5.92. The number of rotatable bonds is 5. The largest absolute Gasteiger partial charge is 0.329 e. The molecule has 1 heterocycles. The maximum Gasteiger partial charge on any atom is 0.0470 e. The van der Waals surface area contributed by atoms with Crippen molar-refractivity contribution < 1.29 is 0 Å². The number of hydrogen-bond donors (Lipinski definition) is 1. The Bertz CT molecular complexity index is 499. The average molecular weight is 276 g/mol. The zero-order chi connectivity index (χ0) is 13.7. The molecule has 0 aliphatic carbocycles. The molecule has 0 aliphatic heterocycles. The van der Waals surface area contributed by atoms with Gasteiger partial charge in [0.2, 0.25) is 0 Å². The Morgan fingerprint density at radius 2 is 2.00 bits per heavy atom. The second-order valence-corrected chi connectivity index (χ2v) is 5.02. The van der Waals surface area contributed by atoms with Crippen molar-refractivity contribution in [2.75, 3.05) is 13.6 Å². The van der Waals surface area contributed by atoms with Crippen molar-refractivity contribution in [2.24, 2.45) is 5.73 Å². The molecular weight excluding hydrogens is 258 g/mol. The minimum Gasteiger partial charge on any atom is -0.329 e. The predicted octanol–water partition coefficient (Wildman–Crippen LogP) is 2.87. The predicted molar refractivity (Wildman–Crippen MR) is 79.0 cm³/mol. The molecule has 4 heteroatoms. The number of halogens is 1. The van der Waals surface area contributed by atoms with Crippen LogP contribution >= 0.6 is 11.6 Å². The first kappa shape index (κ1) is 14.0. The van der Waals surface area contributed by atoms with E-state index in [0.29, 0.717) is 6.54 Å². The molecule has 0 bridgehead atoms. The molecule has 0 aliphatic rings. The number of likely N-dealkylation sites (N-methyl/N-ethyl adjacent to an activating group) is 1. The van der Waals surface area contributed by atoms with Gasteiger partial charge < -0.3 is 5.73 Å². The zero-order valence-corrected chi connectivity index (χ0v) is 11.7. The van der Waals surface area contributed by atoms with E-state index in [2.05, 4.69) is 23.0 Å². The summed E-state index contributed by atoms with van der Waals surface area (Å²) in [7, 11) is 2.07. The van der Waals surface area contributed by atoms with Crippen LogP contribution in [0, 0.1) is 0 Å². The molecule has 0 saturated carbocycles. The van der Waals surface area contributed by atoms with Gasteiger partial charge in [0, 0.05) is 36.5 Å². The molecule has 1 aromatic carbocycles. The van der Waals surface area contributed by atoms with E-state index < -0.39 is 0 Å². The van der Waals surface area contributed by atoms with E-state index in [1.165, 1.54) is 11.1 Å². The molecule has 2 N–H and O–H groups in total.